The number of hydrogen-bond acceptors (Lipinski definition) is 2. The van der Waals surface area contributed by atoms with E-state index in [-0.39, 0.29) is 0 Å². The van der Waals surface area contributed by atoms with E-state index in [2.05, 4.69) is 11.7 Å². The summed E-state index contributed by atoms with van der Waals surface area (Å²) in [6.45, 7) is 4.21. The number of carbonyl (C=O) groups is 1. The Morgan fingerprint density at radius 2 is 2.47 bits per heavy atom. The molecule has 1 N–H and O–H groups in total. The molecule has 15 heavy (non-hydrogen) atoms. The second kappa shape index (κ2) is 3.53. The van der Waals surface area contributed by atoms with Gasteiger partial charge < -0.3 is 5.11 Å². The highest BCUT2D eigenvalue weighted by Crippen LogP contribution is 2.43. The van der Waals surface area contributed by atoms with Crippen molar-refractivity contribution in [2.75, 3.05) is 0 Å². The van der Waals surface area contributed by atoms with Crippen LogP contribution in [0.3, 0.4) is 0 Å². The van der Waals surface area contributed by atoms with Gasteiger partial charge in [-0.3, -0.25) is 9.48 Å². The smallest absolute Gasteiger partial charge is 0.315 e. The van der Waals surface area contributed by atoms with Crippen LogP contribution < -0.4 is 0 Å². The molecule has 1 aliphatic rings. The number of aromatic nitrogens is 2. The molecule has 0 bridgehead atoms. The maximum atomic E-state index is 11.3. The van der Waals surface area contributed by atoms with Crippen LogP contribution in [0, 0.1) is 0 Å². The van der Waals surface area contributed by atoms with E-state index in [0.717, 1.165) is 12.1 Å². The highest BCUT2D eigenvalue weighted by molar-refractivity contribution is 5.81. The van der Waals surface area contributed by atoms with Gasteiger partial charge in [-0.15, -0.1) is 6.58 Å². The first-order valence-corrected chi connectivity index (χ1v) is 5.07. The number of carboxylic acids is 1. The first-order valence-electron chi connectivity index (χ1n) is 5.07. The van der Waals surface area contributed by atoms with Gasteiger partial charge in [0, 0.05) is 6.20 Å². The molecule has 1 aromatic heterocycles. The molecule has 0 aliphatic heterocycles. The molecule has 4 nitrogen and oxygen atoms in total. The minimum absolute atomic E-state index is 0.567. The van der Waals surface area contributed by atoms with Crippen LogP contribution in [0.15, 0.2) is 24.9 Å². The van der Waals surface area contributed by atoms with E-state index in [1.165, 1.54) is 0 Å². The molecule has 0 aromatic carbocycles. The van der Waals surface area contributed by atoms with Gasteiger partial charge in [0.1, 0.15) is 5.41 Å². The first kappa shape index (κ1) is 9.96. The molecule has 2 rings (SSSR count). The van der Waals surface area contributed by atoms with Crippen molar-refractivity contribution >= 4 is 5.97 Å². The Kier molecular flexibility index (Phi) is 2.34. The van der Waals surface area contributed by atoms with Crippen molar-refractivity contribution in [3.05, 3.63) is 30.6 Å². The predicted octanol–water partition coefficient (Wildman–Crippen LogP) is 1.58. The van der Waals surface area contributed by atoms with Crippen molar-refractivity contribution in [1.29, 1.82) is 0 Å². The summed E-state index contributed by atoms with van der Waals surface area (Å²) >= 11 is 0. The van der Waals surface area contributed by atoms with Crippen molar-refractivity contribution in [1.82, 2.24) is 9.78 Å². The summed E-state index contributed by atoms with van der Waals surface area (Å²) < 4.78 is 1.72. The normalized spacial score (nSPS) is 18.1. The molecule has 80 valence electrons. The molecule has 0 atom stereocenters. The Morgan fingerprint density at radius 1 is 1.73 bits per heavy atom. The molecule has 1 fully saturated rings. The Labute approximate surface area is 88.2 Å². The van der Waals surface area contributed by atoms with Crippen LogP contribution >= 0.6 is 0 Å². The zero-order valence-electron chi connectivity index (χ0n) is 8.52. The first-order chi connectivity index (χ1) is 7.20. The lowest BCUT2D eigenvalue weighted by molar-refractivity contribution is -0.147. The van der Waals surface area contributed by atoms with E-state index in [9.17, 15) is 9.90 Å². The molecule has 4 heteroatoms. The Bertz CT molecular complexity index is 391. The fourth-order valence-corrected chi connectivity index (χ4v) is 2.12. The molecule has 0 unspecified atom stereocenters. The van der Waals surface area contributed by atoms with E-state index >= 15 is 0 Å². The maximum Gasteiger partial charge on any atom is 0.315 e. The second-order valence-corrected chi connectivity index (χ2v) is 3.93. The molecule has 1 heterocycles. The third-order valence-electron chi connectivity index (χ3n) is 3.13. The number of hydrogen-bond donors (Lipinski definition) is 1. The van der Waals surface area contributed by atoms with Gasteiger partial charge >= 0.3 is 5.97 Å². The van der Waals surface area contributed by atoms with E-state index < -0.39 is 11.4 Å². The molecule has 1 aromatic rings. The highest BCUT2D eigenvalue weighted by atomic mass is 16.4. The fourth-order valence-electron chi connectivity index (χ4n) is 2.12. The topological polar surface area (TPSA) is 55.1 Å². The molecular formula is C11H14N2O2. The van der Waals surface area contributed by atoms with Crippen molar-refractivity contribution < 1.29 is 9.90 Å². The molecule has 0 spiro atoms. The predicted molar refractivity (Wildman–Crippen MR) is 55.6 cm³/mol. The minimum Gasteiger partial charge on any atom is -0.481 e. The van der Waals surface area contributed by atoms with Gasteiger partial charge in [-0.1, -0.05) is 12.5 Å². The lowest BCUT2D eigenvalue weighted by atomic mass is 9.66. The Balaban J connectivity index is 2.38. The van der Waals surface area contributed by atoms with Crippen molar-refractivity contribution in [3.63, 3.8) is 0 Å². The number of allylic oxidation sites excluding steroid dienone is 1. The maximum absolute atomic E-state index is 11.3. The highest BCUT2D eigenvalue weighted by Gasteiger charge is 2.48. The summed E-state index contributed by atoms with van der Waals surface area (Å²) in [6.07, 6.45) is 5.79. The SMILES string of the molecule is C=CCn1nccc1C1(C(=O)O)CCC1. The summed E-state index contributed by atoms with van der Waals surface area (Å²) in [5, 5.41) is 13.4. The van der Waals surface area contributed by atoms with E-state index in [1.54, 1.807) is 23.0 Å². The van der Waals surface area contributed by atoms with Crippen LogP contribution in [0.2, 0.25) is 0 Å². The zero-order chi connectivity index (χ0) is 10.9. The fraction of sp³-hybridized carbons (Fsp3) is 0.455. The zero-order valence-corrected chi connectivity index (χ0v) is 8.52. The summed E-state index contributed by atoms with van der Waals surface area (Å²) in [4.78, 5) is 11.3. The average molecular weight is 206 g/mol. The third-order valence-corrected chi connectivity index (χ3v) is 3.13. The molecular weight excluding hydrogens is 192 g/mol. The van der Waals surface area contributed by atoms with Crippen LogP contribution in [0.1, 0.15) is 25.0 Å². The molecule has 1 saturated carbocycles. The molecule has 1 aliphatic carbocycles. The van der Waals surface area contributed by atoms with Crippen LogP contribution in [-0.4, -0.2) is 20.9 Å². The number of aliphatic carboxylic acids is 1. The van der Waals surface area contributed by atoms with Gasteiger partial charge in [0.05, 0.1) is 12.2 Å². The van der Waals surface area contributed by atoms with Crippen molar-refractivity contribution in [2.24, 2.45) is 0 Å². The summed E-state index contributed by atoms with van der Waals surface area (Å²) in [5.41, 5.74) is 0.112. The minimum atomic E-state index is -0.737. The van der Waals surface area contributed by atoms with Crippen molar-refractivity contribution in [2.45, 2.75) is 31.2 Å². The number of rotatable bonds is 4. The number of nitrogens with zero attached hydrogens (tertiary/aromatic N) is 2. The van der Waals surface area contributed by atoms with E-state index in [0.29, 0.717) is 19.4 Å². The van der Waals surface area contributed by atoms with Gasteiger partial charge in [0.2, 0.25) is 0 Å². The summed E-state index contributed by atoms with van der Waals surface area (Å²) in [7, 11) is 0. The average Bonchev–Trinajstić information content (AvgIpc) is 2.52. The van der Waals surface area contributed by atoms with E-state index in [4.69, 9.17) is 0 Å². The second-order valence-electron chi connectivity index (χ2n) is 3.93. The monoisotopic (exact) mass is 206 g/mol. The molecule has 0 radical (unpaired) electrons. The molecule has 0 saturated heterocycles. The Morgan fingerprint density at radius 3 is 2.93 bits per heavy atom. The lowest BCUT2D eigenvalue weighted by Gasteiger charge is -2.37. The standard InChI is InChI=1S/C11H14N2O2/c1-2-8-13-9(4-7-12-13)11(10(14)15)5-3-6-11/h2,4,7H,1,3,5-6,8H2,(H,14,15). The van der Waals surface area contributed by atoms with Crippen LogP contribution in [-0.2, 0) is 16.8 Å². The van der Waals surface area contributed by atoms with E-state index in [1.807, 2.05) is 0 Å². The van der Waals surface area contributed by atoms with Crippen molar-refractivity contribution in [3.8, 4) is 0 Å². The van der Waals surface area contributed by atoms with Gasteiger partial charge in [-0.2, -0.15) is 5.10 Å². The van der Waals surface area contributed by atoms with Crippen LogP contribution in [0.4, 0.5) is 0 Å². The van der Waals surface area contributed by atoms with Gasteiger partial charge in [0.25, 0.3) is 0 Å². The third kappa shape index (κ3) is 1.37. The van der Waals surface area contributed by atoms with Gasteiger partial charge in [-0.25, -0.2) is 0 Å². The molecule has 0 amide bonds. The Hall–Kier alpha value is -1.58. The van der Waals surface area contributed by atoms with Gasteiger partial charge in [0.15, 0.2) is 0 Å². The summed E-state index contributed by atoms with van der Waals surface area (Å²) in [5.74, 6) is -0.737. The number of carboxylic acid groups (broad SMARTS) is 1. The van der Waals surface area contributed by atoms with Crippen LogP contribution in [0.5, 0.6) is 0 Å². The largest absolute Gasteiger partial charge is 0.481 e. The van der Waals surface area contributed by atoms with Crippen LogP contribution in [0.25, 0.3) is 0 Å². The summed E-state index contributed by atoms with van der Waals surface area (Å²) in [6, 6.07) is 1.80. The van der Waals surface area contributed by atoms with Gasteiger partial charge in [-0.05, 0) is 18.9 Å². The quantitative estimate of drug-likeness (QED) is 0.761. The lowest BCUT2D eigenvalue weighted by Crippen LogP contribution is -2.44.